The van der Waals surface area contributed by atoms with Gasteiger partial charge in [0.1, 0.15) is 0 Å². The number of likely N-dealkylation sites (tertiary alicyclic amines) is 1. The van der Waals surface area contributed by atoms with E-state index < -0.39 is 0 Å². The molecule has 1 aliphatic heterocycles. The van der Waals surface area contributed by atoms with Crippen molar-refractivity contribution in [1.29, 1.82) is 0 Å². The number of carbonyl (C=O) groups is 1. The number of nitrogens with zero attached hydrogens (tertiary/aromatic N) is 2. The zero-order valence-electron chi connectivity index (χ0n) is 10.2. The first-order chi connectivity index (χ1) is 7.15. The first-order valence-corrected chi connectivity index (χ1v) is 5.55. The summed E-state index contributed by atoms with van der Waals surface area (Å²) in [6, 6.07) is 0.0386. The Hall–Kier alpha value is -0.900. The third kappa shape index (κ3) is 4.42. The largest absolute Gasteiger partial charge is 0.411 e. The Morgan fingerprint density at radius 1 is 1.53 bits per heavy atom. The van der Waals surface area contributed by atoms with Crippen molar-refractivity contribution >= 4 is 11.5 Å². The molecule has 0 aromatic rings. The number of likely N-dealkylation sites (N-methyl/N-ethyl adjacent to an activating group) is 1. The van der Waals surface area contributed by atoms with Gasteiger partial charge in [0.15, 0.2) is 5.78 Å². The van der Waals surface area contributed by atoms with E-state index in [2.05, 4.69) is 10.1 Å². The molecular formula is C11H22N2O2. The van der Waals surface area contributed by atoms with Crippen LogP contribution in [0.15, 0.2) is 5.16 Å². The van der Waals surface area contributed by atoms with Crippen LogP contribution in [-0.2, 0) is 4.79 Å². The van der Waals surface area contributed by atoms with Crippen LogP contribution >= 0.6 is 0 Å². The fraction of sp³-hybridized carbons (Fsp3) is 0.818. The number of ketones is 1. The maximum atomic E-state index is 11.6. The highest BCUT2D eigenvalue weighted by Gasteiger charge is 2.27. The standard InChI is InChI=1S/C9H16N2O2.C2H6/c1-7(10-13)6-9(12)8-4-3-5-11(8)2;1-2/h8,13H,3-6H2,1-2H3;1-2H3/b10-7+;. The third-order valence-electron chi connectivity index (χ3n) is 2.49. The summed E-state index contributed by atoms with van der Waals surface area (Å²) in [6.45, 7) is 6.65. The van der Waals surface area contributed by atoms with Crippen LogP contribution in [0.1, 0.15) is 40.0 Å². The Morgan fingerprint density at radius 3 is 2.53 bits per heavy atom. The average Bonchev–Trinajstić information content (AvgIpc) is 2.67. The van der Waals surface area contributed by atoms with Crippen LogP contribution in [0.5, 0.6) is 0 Å². The molecule has 1 atom stereocenters. The Bertz CT molecular complexity index is 227. The van der Waals surface area contributed by atoms with E-state index in [1.165, 1.54) is 0 Å². The molecule has 1 heterocycles. The zero-order valence-corrected chi connectivity index (χ0v) is 10.2. The van der Waals surface area contributed by atoms with Gasteiger partial charge in [-0.15, -0.1) is 0 Å². The predicted molar refractivity (Wildman–Crippen MR) is 61.5 cm³/mol. The van der Waals surface area contributed by atoms with E-state index in [1.54, 1.807) is 6.92 Å². The smallest absolute Gasteiger partial charge is 0.155 e. The normalized spacial score (nSPS) is 22.1. The van der Waals surface area contributed by atoms with Crippen molar-refractivity contribution in [2.24, 2.45) is 5.16 Å². The first-order valence-electron chi connectivity index (χ1n) is 5.55. The summed E-state index contributed by atoms with van der Waals surface area (Å²) in [4.78, 5) is 13.7. The highest BCUT2D eigenvalue weighted by Crippen LogP contribution is 2.16. The minimum Gasteiger partial charge on any atom is -0.411 e. The lowest BCUT2D eigenvalue weighted by molar-refractivity contribution is -0.121. The van der Waals surface area contributed by atoms with Gasteiger partial charge in [-0.1, -0.05) is 19.0 Å². The summed E-state index contributed by atoms with van der Waals surface area (Å²) in [5.74, 6) is 0.162. The maximum absolute atomic E-state index is 11.6. The molecule has 4 heteroatoms. The van der Waals surface area contributed by atoms with Gasteiger partial charge in [0.25, 0.3) is 0 Å². The summed E-state index contributed by atoms with van der Waals surface area (Å²) < 4.78 is 0. The molecule has 0 saturated carbocycles. The second-order valence-corrected chi connectivity index (χ2v) is 3.62. The van der Waals surface area contributed by atoms with Gasteiger partial charge in [0.2, 0.25) is 0 Å². The lowest BCUT2D eigenvalue weighted by Crippen LogP contribution is -2.33. The number of carbonyl (C=O) groups excluding carboxylic acids is 1. The van der Waals surface area contributed by atoms with Gasteiger partial charge in [-0.25, -0.2) is 0 Å². The van der Waals surface area contributed by atoms with Crippen molar-refractivity contribution in [3.8, 4) is 0 Å². The van der Waals surface area contributed by atoms with Crippen molar-refractivity contribution in [1.82, 2.24) is 4.90 Å². The molecule has 1 fully saturated rings. The van der Waals surface area contributed by atoms with Crippen molar-refractivity contribution in [3.63, 3.8) is 0 Å². The molecular weight excluding hydrogens is 192 g/mol. The van der Waals surface area contributed by atoms with Crippen molar-refractivity contribution in [3.05, 3.63) is 0 Å². The van der Waals surface area contributed by atoms with Crippen LogP contribution in [0.2, 0.25) is 0 Å². The Labute approximate surface area is 92.0 Å². The fourth-order valence-corrected chi connectivity index (χ4v) is 1.72. The van der Waals surface area contributed by atoms with Crippen LogP contribution in [0.25, 0.3) is 0 Å². The van der Waals surface area contributed by atoms with E-state index in [4.69, 9.17) is 5.21 Å². The second-order valence-electron chi connectivity index (χ2n) is 3.62. The Kier molecular flexibility index (Phi) is 6.96. The average molecular weight is 214 g/mol. The number of hydrogen-bond acceptors (Lipinski definition) is 4. The molecule has 0 spiro atoms. The molecule has 15 heavy (non-hydrogen) atoms. The number of Topliss-reactive ketones (excluding diaryl/α,β-unsaturated/α-hetero) is 1. The molecule has 1 aliphatic rings. The number of hydrogen-bond donors (Lipinski definition) is 1. The van der Waals surface area contributed by atoms with Gasteiger partial charge < -0.3 is 5.21 Å². The van der Waals surface area contributed by atoms with E-state index in [9.17, 15) is 4.79 Å². The molecule has 1 rings (SSSR count). The molecule has 88 valence electrons. The Balaban J connectivity index is 0.000000921. The van der Waals surface area contributed by atoms with Crippen molar-refractivity contribution in [2.75, 3.05) is 13.6 Å². The molecule has 0 aromatic carbocycles. The van der Waals surface area contributed by atoms with E-state index in [1.807, 2.05) is 20.9 Å². The van der Waals surface area contributed by atoms with Gasteiger partial charge in [-0.05, 0) is 33.4 Å². The van der Waals surface area contributed by atoms with E-state index in [-0.39, 0.29) is 18.2 Å². The van der Waals surface area contributed by atoms with Crippen molar-refractivity contribution in [2.45, 2.75) is 46.1 Å². The summed E-state index contributed by atoms with van der Waals surface area (Å²) >= 11 is 0. The molecule has 0 amide bonds. The van der Waals surface area contributed by atoms with E-state index in [0.717, 1.165) is 19.4 Å². The van der Waals surface area contributed by atoms with E-state index >= 15 is 0 Å². The molecule has 4 nitrogen and oxygen atoms in total. The van der Waals surface area contributed by atoms with Crippen LogP contribution in [0.4, 0.5) is 0 Å². The number of oxime groups is 1. The Morgan fingerprint density at radius 2 is 2.13 bits per heavy atom. The lowest BCUT2D eigenvalue weighted by atomic mass is 10.1. The minimum absolute atomic E-state index is 0.0386. The third-order valence-corrected chi connectivity index (χ3v) is 2.49. The monoisotopic (exact) mass is 214 g/mol. The lowest BCUT2D eigenvalue weighted by Gasteiger charge is -2.17. The van der Waals surface area contributed by atoms with Gasteiger partial charge in [-0.3, -0.25) is 9.69 Å². The molecule has 1 saturated heterocycles. The van der Waals surface area contributed by atoms with Crippen molar-refractivity contribution < 1.29 is 10.0 Å². The fourth-order valence-electron chi connectivity index (χ4n) is 1.72. The summed E-state index contributed by atoms with van der Waals surface area (Å²) in [7, 11) is 1.96. The van der Waals surface area contributed by atoms with Gasteiger partial charge in [0.05, 0.1) is 11.8 Å². The molecule has 0 radical (unpaired) electrons. The molecule has 1 unspecified atom stereocenters. The van der Waals surface area contributed by atoms with Gasteiger partial charge in [0, 0.05) is 6.42 Å². The molecule has 0 aliphatic carbocycles. The summed E-state index contributed by atoms with van der Waals surface area (Å²) in [5.41, 5.74) is 0.491. The number of rotatable bonds is 3. The van der Waals surface area contributed by atoms with Crippen LogP contribution in [0.3, 0.4) is 0 Å². The quantitative estimate of drug-likeness (QED) is 0.443. The molecule has 1 N–H and O–H groups in total. The SMILES string of the molecule is C/C(CC(=O)C1CCCN1C)=N\O.CC. The minimum atomic E-state index is 0.0386. The maximum Gasteiger partial charge on any atom is 0.155 e. The van der Waals surface area contributed by atoms with E-state index in [0.29, 0.717) is 5.71 Å². The van der Waals surface area contributed by atoms with Crippen LogP contribution < -0.4 is 0 Å². The summed E-state index contributed by atoms with van der Waals surface area (Å²) in [6.07, 6.45) is 2.29. The highest BCUT2D eigenvalue weighted by molar-refractivity contribution is 6.02. The highest BCUT2D eigenvalue weighted by atomic mass is 16.4. The first kappa shape index (κ1) is 14.1. The second kappa shape index (κ2) is 7.40. The van der Waals surface area contributed by atoms with Crippen LogP contribution in [0, 0.1) is 0 Å². The van der Waals surface area contributed by atoms with Gasteiger partial charge in [-0.2, -0.15) is 0 Å². The topological polar surface area (TPSA) is 52.9 Å². The molecule has 0 bridgehead atoms. The van der Waals surface area contributed by atoms with Gasteiger partial charge >= 0.3 is 0 Å². The predicted octanol–water partition coefficient (Wildman–Crippen LogP) is 1.92. The summed E-state index contributed by atoms with van der Waals surface area (Å²) in [5, 5.41) is 11.4. The van der Waals surface area contributed by atoms with Crippen LogP contribution in [-0.4, -0.2) is 41.2 Å². The molecule has 0 aromatic heterocycles. The zero-order chi connectivity index (χ0) is 11.8.